The van der Waals surface area contributed by atoms with Crippen LogP contribution in [-0.4, -0.2) is 41.8 Å². The van der Waals surface area contributed by atoms with Crippen molar-refractivity contribution in [3.8, 4) is 0 Å². The monoisotopic (exact) mass is 278 g/mol. The lowest BCUT2D eigenvalue weighted by molar-refractivity contribution is 0.121. The highest BCUT2D eigenvalue weighted by molar-refractivity contribution is 5.34. The standard InChI is InChI=1S/C15H26N4O/c1-11-12(9-17-15(2,3)4)8-16-14(18-11)19-7-6-13(10-19)20-5/h8,13,17H,6-7,9-10H2,1-5H3. The number of rotatable bonds is 4. The lowest BCUT2D eigenvalue weighted by atomic mass is 10.1. The van der Waals surface area contributed by atoms with Crippen molar-refractivity contribution in [3.63, 3.8) is 0 Å². The van der Waals surface area contributed by atoms with Crippen LogP contribution in [0.5, 0.6) is 0 Å². The maximum absolute atomic E-state index is 5.39. The second kappa shape index (κ2) is 6.06. The van der Waals surface area contributed by atoms with Crippen molar-refractivity contribution in [3.05, 3.63) is 17.5 Å². The molecule has 20 heavy (non-hydrogen) atoms. The van der Waals surface area contributed by atoms with Gasteiger partial charge in [0.05, 0.1) is 6.10 Å². The van der Waals surface area contributed by atoms with Crippen molar-refractivity contribution < 1.29 is 4.74 Å². The third-order valence-corrected chi connectivity index (χ3v) is 3.64. The van der Waals surface area contributed by atoms with E-state index >= 15 is 0 Å². The average Bonchev–Trinajstić information content (AvgIpc) is 2.85. The first-order valence-corrected chi connectivity index (χ1v) is 7.24. The largest absolute Gasteiger partial charge is 0.380 e. The Balaban J connectivity index is 2.02. The van der Waals surface area contributed by atoms with Gasteiger partial charge in [-0.15, -0.1) is 0 Å². The molecule has 0 aliphatic carbocycles. The molecule has 0 saturated carbocycles. The summed E-state index contributed by atoms with van der Waals surface area (Å²) in [5.41, 5.74) is 2.31. The number of nitrogens with zero attached hydrogens (tertiary/aromatic N) is 3. The second-order valence-corrected chi connectivity index (χ2v) is 6.48. The predicted octanol–water partition coefficient (Wildman–Crippen LogP) is 1.90. The number of aryl methyl sites for hydroxylation is 1. The van der Waals surface area contributed by atoms with E-state index in [9.17, 15) is 0 Å². The number of ether oxygens (including phenoxy) is 1. The van der Waals surface area contributed by atoms with Crippen LogP contribution in [0.4, 0.5) is 5.95 Å². The van der Waals surface area contributed by atoms with Gasteiger partial charge in [0.1, 0.15) is 0 Å². The van der Waals surface area contributed by atoms with E-state index in [1.165, 1.54) is 0 Å². The van der Waals surface area contributed by atoms with Gasteiger partial charge in [-0.1, -0.05) is 0 Å². The molecular weight excluding hydrogens is 252 g/mol. The van der Waals surface area contributed by atoms with Gasteiger partial charge in [-0.05, 0) is 34.1 Å². The molecule has 1 aromatic rings. The number of nitrogens with one attached hydrogen (secondary N) is 1. The summed E-state index contributed by atoms with van der Waals surface area (Å²) in [6.45, 7) is 11.2. The van der Waals surface area contributed by atoms with Gasteiger partial charge >= 0.3 is 0 Å². The highest BCUT2D eigenvalue weighted by atomic mass is 16.5. The van der Waals surface area contributed by atoms with Crippen LogP contribution in [0.15, 0.2) is 6.20 Å². The van der Waals surface area contributed by atoms with Gasteiger partial charge in [0.25, 0.3) is 0 Å². The molecule has 0 radical (unpaired) electrons. The van der Waals surface area contributed by atoms with Crippen molar-refractivity contribution in [1.29, 1.82) is 0 Å². The molecule has 112 valence electrons. The van der Waals surface area contributed by atoms with E-state index in [1.54, 1.807) is 7.11 Å². The van der Waals surface area contributed by atoms with Crippen LogP contribution < -0.4 is 10.2 Å². The Kier molecular flexibility index (Phi) is 4.60. The van der Waals surface area contributed by atoms with Crippen molar-refractivity contribution in [2.75, 3.05) is 25.1 Å². The Hall–Kier alpha value is -1.20. The fourth-order valence-corrected chi connectivity index (χ4v) is 2.27. The van der Waals surface area contributed by atoms with Crippen LogP contribution in [0.1, 0.15) is 38.4 Å². The molecule has 1 aliphatic heterocycles. The SMILES string of the molecule is COC1CCN(c2ncc(CNC(C)(C)C)c(C)n2)C1. The highest BCUT2D eigenvalue weighted by Crippen LogP contribution is 2.19. The van der Waals surface area contributed by atoms with Gasteiger partial charge in [0.15, 0.2) is 0 Å². The molecule has 1 saturated heterocycles. The van der Waals surface area contributed by atoms with Gasteiger partial charge in [0, 0.05) is 49.7 Å². The Labute approximate surface area is 121 Å². The van der Waals surface area contributed by atoms with Crippen LogP contribution in [0.2, 0.25) is 0 Å². The minimum atomic E-state index is 0.103. The zero-order chi connectivity index (χ0) is 14.8. The summed E-state index contributed by atoms with van der Waals surface area (Å²) in [7, 11) is 1.77. The first-order chi connectivity index (χ1) is 9.39. The van der Waals surface area contributed by atoms with Crippen LogP contribution in [0.3, 0.4) is 0 Å². The van der Waals surface area contributed by atoms with Gasteiger partial charge in [0.2, 0.25) is 5.95 Å². The van der Waals surface area contributed by atoms with Gasteiger partial charge in [-0.2, -0.15) is 0 Å². The Morgan fingerprint density at radius 2 is 2.20 bits per heavy atom. The van der Waals surface area contributed by atoms with E-state index in [-0.39, 0.29) is 5.54 Å². The molecule has 0 amide bonds. The Morgan fingerprint density at radius 1 is 1.45 bits per heavy atom. The number of methoxy groups -OCH3 is 1. The van der Waals surface area contributed by atoms with Crippen molar-refractivity contribution >= 4 is 5.95 Å². The van der Waals surface area contributed by atoms with E-state index < -0.39 is 0 Å². The summed E-state index contributed by atoms with van der Waals surface area (Å²) in [6.07, 6.45) is 3.30. The fourth-order valence-electron chi connectivity index (χ4n) is 2.27. The molecule has 0 aromatic carbocycles. The molecular formula is C15H26N4O. The first kappa shape index (κ1) is 15.2. The molecule has 2 heterocycles. The van der Waals surface area contributed by atoms with Crippen LogP contribution in [0.25, 0.3) is 0 Å². The number of aromatic nitrogens is 2. The zero-order valence-electron chi connectivity index (χ0n) is 13.2. The molecule has 0 spiro atoms. The maximum Gasteiger partial charge on any atom is 0.225 e. The summed E-state index contributed by atoms with van der Waals surface area (Å²) in [4.78, 5) is 11.4. The van der Waals surface area contributed by atoms with Crippen LogP contribution >= 0.6 is 0 Å². The van der Waals surface area contributed by atoms with Gasteiger partial charge in [-0.3, -0.25) is 0 Å². The number of hydrogen-bond acceptors (Lipinski definition) is 5. The quantitative estimate of drug-likeness (QED) is 0.911. The fraction of sp³-hybridized carbons (Fsp3) is 0.733. The second-order valence-electron chi connectivity index (χ2n) is 6.48. The third kappa shape index (κ3) is 3.90. The molecule has 0 bridgehead atoms. The normalized spacial score (nSPS) is 19.6. The minimum Gasteiger partial charge on any atom is -0.380 e. The molecule has 1 atom stereocenters. The van der Waals surface area contributed by atoms with E-state index in [0.29, 0.717) is 6.10 Å². The Morgan fingerprint density at radius 3 is 2.75 bits per heavy atom. The molecule has 1 aromatic heterocycles. The lowest BCUT2D eigenvalue weighted by Crippen LogP contribution is -2.35. The molecule has 5 nitrogen and oxygen atoms in total. The summed E-state index contributed by atoms with van der Waals surface area (Å²) >= 11 is 0. The molecule has 1 unspecified atom stereocenters. The Bertz CT molecular complexity index is 456. The maximum atomic E-state index is 5.39. The number of hydrogen-bond donors (Lipinski definition) is 1. The van der Waals surface area contributed by atoms with E-state index in [0.717, 1.165) is 43.3 Å². The smallest absolute Gasteiger partial charge is 0.225 e. The van der Waals surface area contributed by atoms with Crippen LogP contribution in [-0.2, 0) is 11.3 Å². The predicted molar refractivity (Wildman–Crippen MR) is 81.0 cm³/mol. The minimum absolute atomic E-state index is 0.103. The van der Waals surface area contributed by atoms with E-state index in [2.05, 4.69) is 47.9 Å². The van der Waals surface area contributed by atoms with E-state index in [1.807, 2.05) is 6.20 Å². The van der Waals surface area contributed by atoms with Crippen molar-refractivity contribution in [1.82, 2.24) is 15.3 Å². The zero-order valence-corrected chi connectivity index (χ0v) is 13.2. The topological polar surface area (TPSA) is 50.3 Å². The van der Waals surface area contributed by atoms with Crippen molar-refractivity contribution in [2.24, 2.45) is 0 Å². The summed E-state index contributed by atoms with van der Waals surface area (Å²) < 4.78 is 5.39. The third-order valence-electron chi connectivity index (χ3n) is 3.64. The van der Waals surface area contributed by atoms with Gasteiger partial charge < -0.3 is 15.0 Å². The van der Waals surface area contributed by atoms with E-state index in [4.69, 9.17) is 4.74 Å². The van der Waals surface area contributed by atoms with Crippen molar-refractivity contribution in [2.45, 2.75) is 52.3 Å². The molecule has 1 aliphatic rings. The summed E-state index contributed by atoms with van der Waals surface area (Å²) in [5.74, 6) is 0.821. The molecule has 2 rings (SSSR count). The summed E-state index contributed by atoms with van der Waals surface area (Å²) in [6, 6.07) is 0. The summed E-state index contributed by atoms with van der Waals surface area (Å²) in [5, 5.41) is 3.47. The van der Waals surface area contributed by atoms with Gasteiger partial charge in [-0.25, -0.2) is 9.97 Å². The highest BCUT2D eigenvalue weighted by Gasteiger charge is 2.24. The molecule has 1 fully saturated rings. The first-order valence-electron chi connectivity index (χ1n) is 7.24. The number of anilines is 1. The lowest BCUT2D eigenvalue weighted by Gasteiger charge is -2.22. The molecule has 5 heteroatoms. The molecule has 1 N–H and O–H groups in total. The van der Waals surface area contributed by atoms with Crippen LogP contribution in [0, 0.1) is 6.92 Å². The average molecular weight is 278 g/mol.